The molecule has 0 aliphatic carbocycles. The average molecular weight is 360 g/mol. The average Bonchev–Trinajstić information content (AvgIpc) is 2.70. The van der Waals surface area contributed by atoms with Crippen LogP contribution in [0.3, 0.4) is 0 Å². The molecule has 1 aliphatic rings. The number of carbonyl (C=O) groups is 1. The van der Waals surface area contributed by atoms with E-state index >= 15 is 0 Å². The molecule has 1 amide bonds. The smallest absolute Gasteiger partial charge is 0.224 e. The molecule has 1 fully saturated rings. The summed E-state index contributed by atoms with van der Waals surface area (Å²) in [4.78, 5) is 23.2. The molecule has 1 heterocycles. The first-order valence-electron chi connectivity index (χ1n) is 9.65. The highest BCUT2D eigenvalue weighted by molar-refractivity contribution is 5.81. The summed E-state index contributed by atoms with van der Waals surface area (Å²) in [6.45, 7) is 7.15. The van der Waals surface area contributed by atoms with Crippen LogP contribution in [0.25, 0.3) is 0 Å². The minimum Gasteiger partial charge on any atom is -0.368 e. The number of aliphatic imine (C=N–C) groups is 1. The number of para-hydroxylation sites is 1. The van der Waals surface area contributed by atoms with E-state index in [-0.39, 0.29) is 5.91 Å². The normalized spacial score (nSPS) is 15.1. The fraction of sp³-hybridized carbons (Fsp3) is 0.600. The fourth-order valence-electron chi connectivity index (χ4n) is 3.18. The summed E-state index contributed by atoms with van der Waals surface area (Å²) in [5, 5.41) is 3.30. The van der Waals surface area contributed by atoms with E-state index in [1.165, 1.54) is 5.69 Å². The second kappa shape index (κ2) is 10.7. The zero-order valence-corrected chi connectivity index (χ0v) is 16.4. The summed E-state index contributed by atoms with van der Waals surface area (Å²) < 4.78 is 0. The van der Waals surface area contributed by atoms with Crippen molar-refractivity contribution in [2.45, 2.75) is 26.2 Å². The standard InChI is InChI=1S/C20H33N5O/c1-4-5-13-23(3)20(21-2)22-12-11-19(26)25-16-14-24(15-17-25)18-9-7-6-8-10-18/h6-10H,4-5,11-17H2,1-3H3,(H,21,22). The number of nitrogens with one attached hydrogen (secondary N) is 1. The second-order valence-corrected chi connectivity index (χ2v) is 6.70. The number of carbonyl (C=O) groups excluding carboxylic acids is 1. The van der Waals surface area contributed by atoms with E-state index in [9.17, 15) is 4.79 Å². The molecule has 0 aromatic heterocycles. The van der Waals surface area contributed by atoms with Gasteiger partial charge in [0.15, 0.2) is 5.96 Å². The lowest BCUT2D eigenvalue weighted by molar-refractivity contribution is -0.131. The van der Waals surface area contributed by atoms with Crippen LogP contribution in [0.1, 0.15) is 26.2 Å². The number of hydrogen-bond acceptors (Lipinski definition) is 3. The molecule has 0 unspecified atom stereocenters. The van der Waals surface area contributed by atoms with Crippen molar-refractivity contribution in [2.24, 2.45) is 4.99 Å². The third-order valence-electron chi connectivity index (χ3n) is 4.80. The van der Waals surface area contributed by atoms with Gasteiger partial charge in [0, 0.05) is 65.5 Å². The van der Waals surface area contributed by atoms with Crippen LogP contribution in [0.2, 0.25) is 0 Å². The van der Waals surface area contributed by atoms with Crippen molar-refractivity contribution in [3.8, 4) is 0 Å². The van der Waals surface area contributed by atoms with Crippen LogP contribution in [0.4, 0.5) is 5.69 Å². The van der Waals surface area contributed by atoms with Gasteiger partial charge in [0.05, 0.1) is 0 Å². The van der Waals surface area contributed by atoms with Crippen LogP contribution in [-0.4, -0.2) is 75.0 Å². The summed E-state index contributed by atoms with van der Waals surface area (Å²) in [5.74, 6) is 1.08. The number of piperazine rings is 1. The Morgan fingerprint density at radius 3 is 2.50 bits per heavy atom. The second-order valence-electron chi connectivity index (χ2n) is 6.70. The maximum atomic E-state index is 12.5. The number of amides is 1. The van der Waals surface area contributed by atoms with Crippen molar-refractivity contribution in [3.05, 3.63) is 30.3 Å². The predicted octanol–water partition coefficient (Wildman–Crippen LogP) is 2.03. The largest absolute Gasteiger partial charge is 0.368 e. The topological polar surface area (TPSA) is 51.2 Å². The molecule has 1 N–H and O–H groups in total. The van der Waals surface area contributed by atoms with Gasteiger partial charge in [0.25, 0.3) is 0 Å². The first-order valence-corrected chi connectivity index (χ1v) is 9.65. The molecule has 26 heavy (non-hydrogen) atoms. The highest BCUT2D eigenvalue weighted by Crippen LogP contribution is 2.15. The predicted molar refractivity (Wildman–Crippen MR) is 109 cm³/mol. The van der Waals surface area contributed by atoms with Crippen molar-refractivity contribution in [3.63, 3.8) is 0 Å². The molecule has 1 saturated heterocycles. The molecular formula is C20H33N5O. The molecule has 0 atom stereocenters. The first-order chi connectivity index (χ1) is 12.7. The number of guanidine groups is 1. The lowest BCUT2D eigenvalue weighted by atomic mass is 10.2. The van der Waals surface area contributed by atoms with Gasteiger partial charge in [-0.1, -0.05) is 31.5 Å². The Balaban J connectivity index is 1.70. The Bertz CT molecular complexity index is 567. The molecular weight excluding hydrogens is 326 g/mol. The summed E-state index contributed by atoms with van der Waals surface area (Å²) in [7, 11) is 3.82. The van der Waals surface area contributed by atoms with Gasteiger partial charge >= 0.3 is 0 Å². The Hall–Kier alpha value is -2.24. The molecule has 1 aromatic carbocycles. The molecule has 2 rings (SSSR count). The van der Waals surface area contributed by atoms with E-state index in [1.54, 1.807) is 7.05 Å². The van der Waals surface area contributed by atoms with Gasteiger partial charge < -0.3 is 20.0 Å². The van der Waals surface area contributed by atoms with E-state index in [0.717, 1.165) is 51.5 Å². The third kappa shape index (κ3) is 5.93. The summed E-state index contributed by atoms with van der Waals surface area (Å²) in [6.07, 6.45) is 2.81. The fourth-order valence-corrected chi connectivity index (χ4v) is 3.18. The lowest BCUT2D eigenvalue weighted by Crippen LogP contribution is -2.49. The summed E-state index contributed by atoms with van der Waals surface area (Å²) >= 11 is 0. The Morgan fingerprint density at radius 2 is 1.88 bits per heavy atom. The van der Waals surface area contributed by atoms with E-state index in [4.69, 9.17) is 0 Å². The molecule has 0 bridgehead atoms. The summed E-state index contributed by atoms with van der Waals surface area (Å²) in [6, 6.07) is 10.4. The van der Waals surface area contributed by atoms with Gasteiger partial charge in [-0.05, 0) is 18.6 Å². The molecule has 0 spiro atoms. The van der Waals surface area contributed by atoms with Crippen molar-refractivity contribution in [1.82, 2.24) is 15.1 Å². The van der Waals surface area contributed by atoms with E-state index in [0.29, 0.717) is 13.0 Å². The van der Waals surface area contributed by atoms with Crippen LogP contribution in [0.5, 0.6) is 0 Å². The Labute approximate surface area is 157 Å². The minimum absolute atomic E-state index is 0.219. The van der Waals surface area contributed by atoms with Gasteiger partial charge in [0.1, 0.15) is 0 Å². The maximum Gasteiger partial charge on any atom is 0.224 e. The van der Waals surface area contributed by atoms with Crippen LogP contribution < -0.4 is 10.2 Å². The monoisotopic (exact) mass is 359 g/mol. The van der Waals surface area contributed by atoms with E-state index in [2.05, 4.69) is 51.3 Å². The third-order valence-corrected chi connectivity index (χ3v) is 4.80. The quantitative estimate of drug-likeness (QED) is 0.598. The highest BCUT2D eigenvalue weighted by atomic mass is 16.2. The number of rotatable bonds is 7. The Kier molecular flexibility index (Phi) is 8.25. The van der Waals surface area contributed by atoms with Crippen LogP contribution in [-0.2, 0) is 4.79 Å². The van der Waals surface area contributed by atoms with E-state index < -0.39 is 0 Å². The first kappa shape index (κ1) is 20.1. The number of hydrogen-bond donors (Lipinski definition) is 1. The number of nitrogens with zero attached hydrogens (tertiary/aromatic N) is 4. The number of anilines is 1. The SMILES string of the molecule is CCCCN(C)C(=NC)NCCC(=O)N1CCN(c2ccccc2)CC1. The molecule has 0 saturated carbocycles. The van der Waals surface area contributed by atoms with Gasteiger partial charge in [-0.3, -0.25) is 9.79 Å². The zero-order valence-electron chi connectivity index (χ0n) is 16.4. The highest BCUT2D eigenvalue weighted by Gasteiger charge is 2.21. The molecule has 144 valence electrons. The van der Waals surface area contributed by atoms with E-state index in [1.807, 2.05) is 18.0 Å². The molecule has 6 nitrogen and oxygen atoms in total. The number of benzene rings is 1. The molecule has 1 aromatic rings. The van der Waals surface area contributed by atoms with Gasteiger partial charge in [0.2, 0.25) is 5.91 Å². The van der Waals surface area contributed by atoms with Crippen LogP contribution in [0, 0.1) is 0 Å². The van der Waals surface area contributed by atoms with Gasteiger partial charge in [-0.15, -0.1) is 0 Å². The minimum atomic E-state index is 0.219. The van der Waals surface area contributed by atoms with Gasteiger partial charge in [-0.2, -0.15) is 0 Å². The summed E-state index contributed by atoms with van der Waals surface area (Å²) in [5.41, 5.74) is 1.24. The maximum absolute atomic E-state index is 12.5. The Morgan fingerprint density at radius 1 is 1.19 bits per heavy atom. The van der Waals surface area contributed by atoms with Crippen LogP contribution in [0.15, 0.2) is 35.3 Å². The van der Waals surface area contributed by atoms with Crippen LogP contribution >= 0.6 is 0 Å². The molecule has 0 radical (unpaired) electrons. The number of unbranched alkanes of at least 4 members (excludes halogenated alkanes) is 1. The zero-order chi connectivity index (χ0) is 18.8. The van der Waals surface area contributed by atoms with Gasteiger partial charge in [-0.25, -0.2) is 0 Å². The van der Waals surface area contributed by atoms with Crippen molar-refractivity contribution in [1.29, 1.82) is 0 Å². The lowest BCUT2D eigenvalue weighted by Gasteiger charge is -2.36. The molecule has 6 heteroatoms. The van der Waals surface area contributed by atoms with Crippen molar-refractivity contribution >= 4 is 17.6 Å². The van der Waals surface area contributed by atoms with Crippen molar-refractivity contribution in [2.75, 3.05) is 58.3 Å². The molecule has 1 aliphatic heterocycles. The van der Waals surface area contributed by atoms with Crippen molar-refractivity contribution < 1.29 is 4.79 Å².